The first-order valence-corrected chi connectivity index (χ1v) is 11.4. The Morgan fingerprint density at radius 2 is 1.78 bits per heavy atom. The number of aldehydes is 1. The summed E-state index contributed by atoms with van der Waals surface area (Å²) in [6.07, 6.45) is -7.14. The van der Waals surface area contributed by atoms with Crippen LogP contribution in [0, 0.1) is 0 Å². The molecular weight excluding hydrogens is 538 g/mol. The van der Waals surface area contributed by atoms with Crippen LogP contribution in [0.1, 0.15) is 5.82 Å². The summed E-state index contributed by atoms with van der Waals surface area (Å²) in [6, 6.07) is 12.6. The van der Waals surface area contributed by atoms with Crippen LogP contribution < -0.4 is 11.0 Å². The lowest BCUT2D eigenvalue weighted by molar-refractivity contribution is -0.207. The highest BCUT2D eigenvalue weighted by molar-refractivity contribution is 6.32. The Balaban J connectivity index is 1.76. The maximum absolute atomic E-state index is 13.1. The van der Waals surface area contributed by atoms with Crippen LogP contribution in [0.2, 0.25) is 10.0 Å². The summed E-state index contributed by atoms with van der Waals surface area (Å²) in [4.78, 5) is 28.3. The Morgan fingerprint density at radius 3 is 2.43 bits per heavy atom. The molecule has 2 N–H and O–H groups in total. The van der Waals surface area contributed by atoms with E-state index in [4.69, 9.17) is 23.2 Å². The molecule has 2 aromatic heterocycles. The molecule has 37 heavy (non-hydrogen) atoms. The van der Waals surface area contributed by atoms with E-state index in [1.165, 1.54) is 28.9 Å². The average Bonchev–Trinajstić information content (AvgIpc) is 3.39. The summed E-state index contributed by atoms with van der Waals surface area (Å²) in [5, 5.41) is 21.6. The van der Waals surface area contributed by atoms with Crippen molar-refractivity contribution in [3.05, 3.63) is 74.9 Å². The monoisotopic (exact) mass is 555 g/mol. The van der Waals surface area contributed by atoms with E-state index in [0.717, 1.165) is 9.25 Å². The van der Waals surface area contributed by atoms with Gasteiger partial charge in [-0.25, -0.2) is 9.48 Å². The zero-order valence-corrected chi connectivity index (χ0v) is 20.2. The van der Waals surface area contributed by atoms with Crippen molar-refractivity contribution in [2.45, 2.75) is 25.4 Å². The molecule has 0 radical (unpaired) electrons. The van der Waals surface area contributed by atoms with E-state index in [1.807, 2.05) is 0 Å². The molecule has 0 spiro atoms. The summed E-state index contributed by atoms with van der Waals surface area (Å²) in [7, 11) is 0. The second-order valence-corrected chi connectivity index (χ2v) is 8.54. The second kappa shape index (κ2) is 10.7. The molecule has 0 aliphatic rings. The van der Waals surface area contributed by atoms with Gasteiger partial charge in [0.05, 0.1) is 23.8 Å². The molecule has 0 unspecified atom stereocenters. The number of halogens is 5. The summed E-state index contributed by atoms with van der Waals surface area (Å²) in [5.74, 6) is 0.0852. The first kappa shape index (κ1) is 26.4. The van der Waals surface area contributed by atoms with Crippen molar-refractivity contribution >= 4 is 35.4 Å². The van der Waals surface area contributed by atoms with Gasteiger partial charge in [-0.2, -0.15) is 22.8 Å². The Morgan fingerprint density at radius 1 is 1.08 bits per heavy atom. The molecular formula is C22H18Cl2F3N7O3. The van der Waals surface area contributed by atoms with Crippen LogP contribution in [-0.2, 0) is 17.9 Å². The standard InChI is InChI=1S/C22H18Cl2F3N7O3/c23-14-7-5-13(6-8-14)19-31-33(21(37)32(19)11-17(36)22(25,26)27)12-18-29-20(28-9-10-35)34(30-18)16-4-2-1-3-15(16)24/h1-8,10,17,36H,9,11-12H2,(H,28,29,30)/t17-/m0/s1. The van der Waals surface area contributed by atoms with E-state index < -0.39 is 24.5 Å². The molecule has 0 bridgehead atoms. The maximum atomic E-state index is 13.1. The molecule has 194 valence electrons. The number of anilines is 1. The minimum Gasteiger partial charge on any atom is -0.382 e. The van der Waals surface area contributed by atoms with Crippen molar-refractivity contribution in [3.8, 4) is 17.1 Å². The van der Waals surface area contributed by atoms with Gasteiger partial charge in [-0.05, 0) is 36.4 Å². The van der Waals surface area contributed by atoms with Crippen LogP contribution in [0.5, 0.6) is 0 Å². The fourth-order valence-corrected chi connectivity index (χ4v) is 3.73. The van der Waals surface area contributed by atoms with Crippen molar-refractivity contribution in [2.24, 2.45) is 0 Å². The SMILES string of the molecule is O=CCNc1nc(Cn2nc(-c3ccc(Cl)cc3)n(C[C@H](O)C(F)(F)F)c2=O)nn1-c1ccccc1Cl. The predicted octanol–water partition coefficient (Wildman–Crippen LogP) is 3.18. The van der Waals surface area contributed by atoms with Crippen LogP contribution in [-0.4, -0.2) is 59.3 Å². The molecule has 0 aliphatic carbocycles. The number of alkyl halides is 3. The van der Waals surface area contributed by atoms with E-state index in [-0.39, 0.29) is 30.7 Å². The number of carbonyl (C=O) groups excluding carboxylic acids is 1. The van der Waals surface area contributed by atoms with Gasteiger partial charge >= 0.3 is 11.9 Å². The molecule has 10 nitrogen and oxygen atoms in total. The third kappa shape index (κ3) is 5.84. The highest BCUT2D eigenvalue weighted by atomic mass is 35.5. The van der Waals surface area contributed by atoms with Crippen LogP contribution in [0.15, 0.2) is 53.3 Å². The summed E-state index contributed by atoms with van der Waals surface area (Å²) < 4.78 is 42.2. The average molecular weight is 556 g/mol. The molecule has 4 aromatic rings. The molecule has 0 saturated heterocycles. The van der Waals surface area contributed by atoms with Crippen molar-refractivity contribution in [1.29, 1.82) is 0 Å². The van der Waals surface area contributed by atoms with Gasteiger partial charge in [0, 0.05) is 10.6 Å². The number of carbonyl (C=O) groups is 1. The van der Waals surface area contributed by atoms with E-state index in [0.29, 0.717) is 27.6 Å². The Hall–Kier alpha value is -3.68. The first-order chi connectivity index (χ1) is 17.6. The van der Waals surface area contributed by atoms with E-state index in [9.17, 15) is 27.9 Å². The fourth-order valence-electron chi connectivity index (χ4n) is 3.39. The predicted molar refractivity (Wildman–Crippen MR) is 129 cm³/mol. The van der Waals surface area contributed by atoms with Gasteiger partial charge < -0.3 is 15.2 Å². The van der Waals surface area contributed by atoms with Gasteiger partial charge in [-0.3, -0.25) is 4.57 Å². The number of nitrogens with one attached hydrogen (secondary N) is 1. The third-order valence-electron chi connectivity index (χ3n) is 5.12. The normalized spacial score (nSPS) is 12.5. The van der Waals surface area contributed by atoms with Crippen LogP contribution in [0.3, 0.4) is 0 Å². The van der Waals surface area contributed by atoms with Gasteiger partial charge in [-0.1, -0.05) is 35.3 Å². The minimum absolute atomic E-state index is 0.0547. The summed E-state index contributed by atoms with van der Waals surface area (Å²) in [5.41, 5.74) is -0.188. The summed E-state index contributed by atoms with van der Waals surface area (Å²) in [6.45, 7) is -1.50. The number of aromatic nitrogens is 6. The van der Waals surface area contributed by atoms with Gasteiger partial charge in [0.1, 0.15) is 12.8 Å². The molecule has 2 aromatic carbocycles. The topological polar surface area (TPSA) is 120 Å². The lowest BCUT2D eigenvalue weighted by atomic mass is 10.2. The number of hydrogen-bond donors (Lipinski definition) is 2. The third-order valence-corrected chi connectivity index (χ3v) is 5.70. The molecule has 0 saturated carbocycles. The fraction of sp³-hybridized carbons (Fsp3) is 0.227. The van der Waals surface area contributed by atoms with Crippen molar-refractivity contribution in [1.82, 2.24) is 29.1 Å². The van der Waals surface area contributed by atoms with Gasteiger partial charge in [0.25, 0.3) is 0 Å². The van der Waals surface area contributed by atoms with Crippen LogP contribution in [0.4, 0.5) is 19.1 Å². The van der Waals surface area contributed by atoms with Crippen molar-refractivity contribution in [2.75, 3.05) is 11.9 Å². The molecule has 0 aliphatic heterocycles. The zero-order valence-electron chi connectivity index (χ0n) is 18.7. The highest BCUT2D eigenvalue weighted by Crippen LogP contribution is 2.25. The second-order valence-electron chi connectivity index (χ2n) is 7.70. The minimum atomic E-state index is -4.95. The zero-order chi connectivity index (χ0) is 26.7. The number of rotatable bonds is 9. The Labute approximate surface area is 216 Å². The van der Waals surface area contributed by atoms with Gasteiger partial charge in [0.2, 0.25) is 5.95 Å². The van der Waals surface area contributed by atoms with Gasteiger partial charge in [0.15, 0.2) is 17.8 Å². The number of aliphatic hydroxyl groups is 1. The van der Waals surface area contributed by atoms with E-state index >= 15 is 0 Å². The van der Waals surface area contributed by atoms with Crippen molar-refractivity contribution < 1.29 is 23.1 Å². The first-order valence-electron chi connectivity index (χ1n) is 10.6. The van der Waals surface area contributed by atoms with Crippen LogP contribution in [0.25, 0.3) is 17.1 Å². The molecule has 0 amide bonds. The molecule has 0 fully saturated rings. The molecule has 15 heteroatoms. The molecule has 1 atom stereocenters. The number of nitrogens with zero attached hydrogens (tertiary/aromatic N) is 6. The maximum Gasteiger partial charge on any atom is 0.416 e. The number of para-hydroxylation sites is 1. The molecule has 2 heterocycles. The summed E-state index contributed by atoms with van der Waals surface area (Å²) >= 11 is 12.2. The lowest BCUT2D eigenvalue weighted by Crippen LogP contribution is -2.37. The Kier molecular flexibility index (Phi) is 7.66. The quantitative estimate of drug-likeness (QED) is 0.304. The highest BCUT2D eigenvalue weighted by Gasteiger charge is 2.39. The smallest absolute Gasteiger partial charge is 0.382 e. The van der Waals surface area contributed by atoms with Crippen molar-refractivity contribution in [3.63, 3.8) is 0 Å². The Bertz CT molecular complexity index is 1470. The molecule has 4 rings (SSSR count). The van der Waals surface area contributed by atoms with Crippen LogP contribution >= 0.6 is 23.2 Å². The van der Waals surface area contributed by atoms with E-state index in [2.05, 4.69) is 20.5 Å². The largest absolute Gasteiger partial charge is 0.416 e. The number of hydrogen-bond acceptors (Lipinski definition) is 7. The number of benzene rings is 2. The number of aliphatic hydroxyl groups excluding tert-OH is 1. The van der Waals surface area contributed by atoms with E-state index in [1.54, 1.807) is 24.3 Å². The van der Waals surface area contributed by atoms with Gasteiger partial charge in [-0.15, -0.1) is 10.2 Å². The lowest BCUT2D eigenvalue weighted by Gasteiger charge is -2.15.